The maximum Gasteiger partial charge on any atom is 0.237 e. The van der Waals surface area contributed by atoms with E-state index in [1.165, 1.54) is 19.3 Å². The molecule has 120 valence electrons. The van der Waals surface area contributed by atoms with Gasteiger partial charge < -0.3 is 11.1 Å². The number of nitrogens with zero attached hydrogens (tertiary/aromatic N) is 1. The van der Waals surface area contributed by atoms with Crippen LogP contribution in [0, 0.1) is 11.8 Å². The van der Waals surface area contributed by atoms with Crippen molar-refractivity contribution in [1.82, 2.24) is 10.2 Å². The van der Waals surface area contributed by atoms with E-state index >= 15 is 0 Å². The standard InChI is InChI=1S/C16H29N3O2/c1-11-5-3-4-6-14(11)18-16(21)12(2)19-9-7-13(8-10-19)15(17)20/h11-14H,3-10H2,1-2H3,(H2,17,20)(H,18,21)/t11-,12+,14+/m0/s1. The highest BCUT2D eigenvalue weighted by Gasteiger charge is 2.30. The molecule has 3 N–H and O–H groups in total. The third-order valence-corrected chi connectivity index (χ3v) is 5.30. The highest BCUT2D eigenvalue weighted by molar-refractivity contribution is 5.81. The Morgan fingerprint density at radius 3 is 2.33 bits per heavy atom. The number of primary amides is 1. The summed E-state index contributed by atoms with van der Waals surface area (Å²) in [5, 5.41) is 3.23. The van der Waals surface area contributed by atoms with Crippen LogP contribution in [0.3, 0.4) is 0 Å². The monoisotopic (exact) mass is 295 g/mol. The van der Waals surface area contributed by atoms with Crippen LogP contribution in [0.15, 0.2) is 0 Å². The second kappa shape index (κ2) is 7.25. The van der Waals surface area contributed by atoms with Gasteiger partial charge >= 0.3 is 0 Å². The van der Waals surface area contributed by atoms with E-state index in [0.29, 0.717) is 12.0 Å². The van der Waals surface area contributed by atoms with Crippen LogP contribution < -0.4 is 11.1 Å². The maximum absolute atomic E-state index is 12.4. The predicted octanol–water partition coefficient (Wildman–Crippen LogP) is 1.27. The minimum atomic E-state index is -0.206. The van der Waals surface area contributed by atoms with E-state index in [4.69, 9.17) is 5.73 Å². The van der Waals surface area contributed by atoms with Crippen molar-refractivity contribution in [1.29, 1.82) is 0 Å². The van der Waals surface area contributed by atoms with E-state index in [2.05, 4.69) is 17.1 Å². The highest BCUT2D eigenvalue weighted by Crippen LogP contribution is 2.24. The molecule has 0 aromatic heterocycles. The van der Waals surface area contributed by atoms with Crippen molar-refractivity contribution in [3.05, 3.63) is 0 Å². The van der Waals surface area contributed by atoms with Gasteiger partial charge in [0.25, 0.3) is 0 Å². The topological polar surface area (TPSA) is 75.4 Å². The van der Waals surface area contributed by atoms with E-state index in [1.54, 1.807) is 0 Å². The predicted molar refractivity (Wildman–Crippen MR) is 82.5 cm³/mol. The number of rotatable bonds is 4. The lowest BCUT2D eigenvalue weighted by molar-refractivity contribution is -0.128. The van der Waals surface area contributed by atoms with Gasteiger partial charge in [-0.25, -0.2) is 0 Å². The van der Waals surface area contributed by atoms with Gasteiger partial charge in [-0.2, -0.15) is 0 Å². The average molecular weight is 295 g/mol. The normalized spacial score (nSPS) is 29.8. The summed E-state index contributed by atoms with van der Waals surface area (Å²) in [6.07, 6.45) is 6.35. The van der Waals surface area contributed by atoms with Gasteiger partial charge in [0.05, 0.1) is 6.04 Å². The molecule has 1 heterocycles. The quantitative estimate of drug-likeness (QED) is 0.820. The summed E-state index contributed by atoms with van der Waals surface area (Å²) in [7, 11) is 0. The zero-order chi connectivity index (χ0) is 15.4. The number of likely N-dealkylation sites (tertiary alicyclic amines) is 1. The minimum Gasteiger partial charge on any atom is -0.369 e. The Hall–Kier alpha value is -1.10. The van der Waals surface area contributed by atoms with Crippen molar-refractivity contribution in [2.45, 2.75) is 64.5 Å². The molecule has 1 saturated heterocycles. The Bertz CT molecular complexity index is 378. The first-order chi connectivity index (χ1) is 9.99. The Morgan fingerprint density at radius 1 is 1.14 bits per heavy atom. The van der Waals surface area contributed by atoms with Gasteiger partial charge in [0.2, 0.25) is 11.8 Å². The van der Waals surface area contributed by atoms with Crippen molar-refractivity contribution in [2.24, 2.45) is 17.6 Å². The van der Waals surface area contributed by atoms with Crippen molar-refractivity contribution in [3.8, 4) is 0 Å². The van der Waals surface area contributed by atoms with Crippen molar-refractivity contribution >= 4 is 11.8 Å². The average Bonchev–Trinajstić information content (AvgIpc) is 2.49. The van der Waals surface area contributed by atoms with Crippen LogP contribution in [0.4, 0.5) is 0 Å². The Balaban J connectivity index is 1.81. The fourth-order valence-corrected chi connectivity index (χ4v) is 3.57. The van der Waals surface area contributed by atoms with Gasteiger partial charge in [0, 0.05) is 12.0 Å². The first-order valence-corrected chi connectivity index (χ1v) is 8.32. The molecule has 5 nitrogen and oxygen atoms in total. The maximum atomic E-state index is 12.4. The third-order valence-electron chi connectivity index (χ3n) is 5.30. The van der Waals surface area contributed by atoms with E-state index in [0.717, 1.165) is 32.4 Å². The molecule has 1 aliphatic heterocycles. The van der Waals surface area contributed by atoms with Crippen LogP contribution in [0.25, 0.3) is 0 Å². The van der Waals surface area contributed by atoms with Gasteiger partial charge in [0.1, 0.15) is 0 Å². The number of carbonyl (C=O) groups excluding carboxylic acids is 2. The summed E-state index contributed by atoms with van der Waals surface area (Å²) in [5.41, 5.74) is 5.35. The molecular formula is C16H29N3O2. The van der Waals surface area contributed by atoms with E-state index in [-0.39, 0.29) is 23.8 Å². The van der Waals surface area contributed by atoms with Gasteiger partial charge in [-0.1, -0.05) is 19.8 Å². The molecule has 0 aromatic carbocycles. The summed E-state index contributed by atoms with van der Waals surface area (Å²) in [6.45, 7) is 5.76. The molecule has 21 heavy (non-hydrogen) atoms. The summed E-state index contributed by atoms with van der Waals surface area (Å²) in [5.74, 6) is 0.486. The van der Waals surface area contributed by atoms with Crippen LogP contribution in [-0.4, -0.2) is 41.9 Å². The fourth-order valence-electron chi connectivity index (χ4n) is 3.57. The van der Waals surface area contributed by atoms with E-state index in [1.807, 2.05) is 6.92 Å². The molecule has 0 aromatic rings. The molecule has 5 heteroatoms. The number of hydrogen-bond donors (Lipinski definition) is 2. The fraction of sp³-hybridized carbons (Fsp3) is 0.875. The Morgan fingerprint density at radius 2 is 1.76 bits per heavy atom. The van der Waals surface area contributed by atoms with Crippen molar-refractivity contribution < 1.29 is 9.59 Å². The summed E-state index contributed by atoms with van der Waals surface area (Å²) in [4.78, 5) is 25.8. The van der Waals surface area contributed by atoms with Crippen LogP contribution in [0.5, 0.6) is 0 Å². The molecule has 2 fully saturated rings. The summed E-state index contributed by atoms with van der Waals surface area (Å²) >= 11 is 0. The Kier molecular flexibility index (Phi) is 5.62. The first-order valence-electron chi connectivity index (χ1n) is 8.32. The summed E-state index contributed by atoms with van der Waals surface area (Å²) in [6, 6.07) is 0.213. The molecule has 1 saturated carbocycles. The van der Waals surface area contributed by atoms with Gasteiger partial charge in [0.15, 0.2) is 0 Å². The minimum absolute atomic E-state index is 0.0186. The van der Waals surface area contributed by atoms with E-state index in [9.17, 15) is 9.59 Å². The number of carbonyl (C=O) groups is 2. The highest BCUT2D eigenvalue weighted by atomic mass is 16.2. The molecule has 2 aliphatic rings. The second-order valence-electron chi connectivity index (χ2n) is 6.77. The van der Waals surface area contributed by atoms with Gasteiger partial charge in [-0.15, -0.1) is 0 Å². The lowest BCUT2D eigenvalue weighted by atomic mass is 9.86. The third kappa shape index (κ3) is 4.19. The molecule has 0 radical (unpaired) electrons. The lowest BCUT2D eigenvalue weighted by Crippen LogP contribution is -2.52. The van der Waals surface area contributed by atoms with Crippen LogP contribution in [-0.2, 0) is 9.59 Å². The van der Waals surface area contributed by atoms with Gasteiger partial charge in [-0.3, -0.25) is 14.5 Å². The van der Waals surface area contributed by atoms with Crippen molar-refractivity contribution in [2.75, 3.05) is 13.1 Å². The van der Waals surface area contributed by atoms with Crippen LogP contribution in [0.1, 0.15) is 52.4 Å². The molecule has 2 rings (SSSR count). The lowest BCUT2D eigenvalue weighted by Gasteiger charge is -2.36. The Labute approximate surface area is 127 Å². The smallest absolute Gasteiger partial charge is 0.237 e. The molecule has 0 spiro atoms. The molecular weight excluding hydrogens is 266 g/mol. The van der Waals surface area contributed by atoms with Crippen LogP contribution in [0.2, 0.25) is 0 Å². The first kappa shape index (κ1) is 16.3. The second-order valence-corrected chi connectivity index (χ2v) is 6.77. The zero-order valence-electron chi connectivity index (χ0n) is 13.3. The SMILES string of the molecule is C[C@H](C(=O)N[C@@H]1CCCC[C@@H]1C)N1CCC(C(N)=O)CC1. The van der Waals surface area contributed by atoms with E-state index < -0.39 is 0 Å². The molecule has 0 bridgehead atoms. The number of nitrogens with two attached hydrogens (primary N) is 1. The van der Waals surface area contributed by atoms with Gasteiger partial charge in [-0.05, 0) is 51.6 Å². The number of nitrogens with one attached hydrogen (secondary N) is 1. The molecule has 0 unspecified atom stereocenters. The number of amides is 2. The molecule has 1 aliphatic carbocycles. The molecule has 2 amide bonds. The largest absolute Gasteiger partial charge is 0.369 e. The zero-order valence-corrected chi connectivity index (χ0v) is 13.3. The number of hydrogen-bond acceptors (Lipinski definition) is 3. The molecule has 3 atom stereocenters. The van der Waals surface area contributed by atoms with Crippen molar-refractivity contribution in [3.63, 3.8) is 0 Å². The van der Waals surface area contributed by atoms with Crippen LogP contribution >= 0.6 is 0 Å². The summed E-state index contributed by atoms with van der Waals surface area (Å²) < 4.78 is 0. The number of piperidine rings is 1.